The number of allylic oxidation sites excluding steroid dienone is 1. The van der Waals surface area contributed by atoms with Crippen LogP contribution in [0.15, 0.2) is 77.3 Å². The standard InChI is InChI=1S/C31H30N2O3S/c1-5-9-21-14-15-37-29-18-28-25(17-26(29)30(21)32-36-20(4)34)24-16-22(12-13-27(24)33(28)6-2)31(35)23-11-8-7-10-19(23)3/h5,7-8,10-13,16-18,21H,1,6,9,14-15H2,2-4H3/b32-30+. The number of carbonyl (C=O) groups excluding carboxylic acids is 2. The number of oxime groups is 1. The molecule has 6 heteroatoms. The van der Waals surface area contributed by atoms with Crippen LogP contribution in [0.3, 0.4) is 0 Å². The Labute approximate surface area is 221 Å². The number of aromatic nitrogens is 1. The number of carbonyl (C=O) groups is 2. The molecule has 3 aromatic carbocycles. The first-order valence-electron chi connectivity index (χ1n) is 12.6. The van der Waals surface area contributed by atoms with Gasteiger partial charge in [-0.2, -0.15) is 0 Å². The topological polar surface area (TPSA) is 60.7 Å². The van der Waals surface area contributed by atoms with Crippen LogP contribution in [-0.4, -0.2) is 27.8 Å². The zero-order valence-corrected chi connectivity index (χ0v) is 22.2. The monoisotopic (exact) mass is 510 g/mol. The lowest BCUT2D eigenvalue weighted by Crippen LogP contribution is -2.16. The van der Waals surface area contributed by atoms with Crippen molar-refractivity contribution in [3.05, 3.63) is 89.5 Å². The third kappa shape index (κ3) is 4.62. The SMILES string of the molecule is C=CCC1CCSc2cc3c(cc2/C1=N/OC(C)=O)c1cc(C(=O)c2ccccc2C)ccc1n3CC. The highest BCUT2D eigenvalue weighted by molar-refractivity contribution is 7.99. The summed E-state index contributed by atoms with van der Waals surface area (Å²) in [5, 5.41) is 6.43. The van der Waals surface area contributed by atoms with E-state index >= 15 is 0 Å². The first-order valence-corrected chi connectivity index (χ1v) is 13.6. The van der Waals surface area contributed by atoms with E-state index in [-0.39, 0.29) is 11.7 Å². The van der Waals surface area contributed by atoms with E-state index in [9.17, 15) is 9.59 Å². The second kappa shape index (κ2) is 10.4. The Morgan fingerprint density at radius 2 is 1.92 bits per heavy atom. The van der Waals surface area contributed by atoms with Gasteiger partial charge in [0.05, 0.1) is 11.2 Å². The molecule has 37 heavy (non-hydrogen) atoms. The predicted molar refractivity (Wildman–Crippen MR) is 152 cm³/mol. The highest BCUT2D eigenvalue weighted by atomic mass is 32.2. The first-order chi connectivity index (χ1) is 17.9. The summed E-state index contributed by atoms with van der Waals surface area (Å²) >= 11 is 1.80. The Hall–Kier alpha value is -3.64. The zero-order chi connectivity index (χ0) is 26.1. The molecule has 0 bridgehead atoms. The number of nitrogens with zero attached hydrogens (tertiary/aromatic N) is 2. The highest BCUT2D eigenvalue weighted by Gasteiger charge is 2.26. The maximum atomic E-state index is 13.4. The summed E-state index contributed by atoms with van der Waals surface area (Å²) in [5.74, 6) is 0.635. The van der Waals surface area contributed by atoms with Gasteiger partial charge < -0.3 is 9.40 Å². The van der Waals surface area contributed by atoms with E-state index in [0.717, 1.165) is 74.2 Å². The van der Waals surface area contributed by atoms with Crippen LogP contribution in [0.5, 0.6) is 0 Å². The van der Waals surface area contributed by atoms with Crippen molar-refractivity contribution in [2.75, 3.05) is 5.75 Å². The average Bonchev–Trinajstić information content (AvgIpc) is 3.09. The smallest absolute Gasteiger partial charge is 0.331 e. The minimum Gasteiger partial charge on any atom is -0.341 e. The van der Waals surface area contributed by atoms with Gasteiger partial charge in [-0.25, -0.2) is 4.79 Å². The molecule has 4 aromatic rings. The number of benzene rings is 3. The Kier molecular flexibility index (Phi) is 7.02. The number of hydrogen-bond acceptors (Lipinski definition) is 5. The molecule has 0 amide bonds. The van der Waals surface area contributed by atoms with Crippen molar-refractivity contribution in [2.24, 2.45) is 11.1 Å². The van der Waals surface area contributed by atoms with Crippen molar-refractivity contribution in [1.82, 2.24) is 4.57 Å². The van der Waals surface area contributed by atoms with E-state index in [1.54, 1.807) is 11.8 Å². The number of fused-ring (bicyclic) bond motifs is 4. The summed E-state index contributed by atoms with van der Waals surface area (Å²) in [4.78, 5) is 31.3. The van der Waals surface area contributed by atoms with Gasteiger partial charge in [0.1, 0.15) is 0 Å². The van der Waals surface area contributed by atoms with Crippen molar-refractivity contribution in [3.63, 3.8) is 0 Å². The van der Waals surface area contributed by atoms with Crippen LogP contribution in [-0.2, 0) is 16.2 Å². The maximum absolute atomic E-state index is 13.4. The van der Waals surface area contributed by atoms with Gasteiger partial charge in [0, 0.05) is 57.3 Å². The fourth-order valence-corrected chi connectivity index (χ4v) is 6.38. The van der Waals surface area contributed by atoms with E-state index in [2.05, 4.69) is 41.4 Å². The Bertz CT molecular complexity index is 1580. The quantitative estimate of drug-likeness (QED) is 0.118. The lowest BCUT2D eigenvalue weighted by molar-refractivity contribution is -0.140. The van der Waals surface area contributed by atoms with Gasteiger partial charge in [-0.05, 0) is 68.3 Å². The van der Waals surface area contributed by atoms with Crippen LogP contribution >= 0.6 is 11.8 Å². The molecule has 0 spiro atoms. The second-order valence-corrected chi connectivity index (χ2v) is 10.5. The Balaban J connectivity index is 1.74. The van der Waals surface area contributed by atoms with E-state index in [0.29, 0.717) is 5.56 Å². The van der Waals surface area contributed by atoms with Gasteiger partial charge in [-0.15, -0.1) is 18.3 Å². The van der Waals surface area contributed by atoms with Gasteiger partial charge in [0.15, 0.2) is 5.78 Å². The molecule has 0 saturated heterocycles. The fourth-order valence-electron chi connectivity index (χ4n) is 5.25. The van der Waals surface area contributed by atoms with Crippen LogP contribution in [0.2, 0.25) is 0 Å². The van der Waals surface area contributed by atoms with Gasteiger partial charge in [0.25, 0.3) is 0 Å². The van der Waals surface area contributed by atoms with Crippen molar-refractivity contribution >= 4 is 51.0 Å². The molecule has 2 heterocycles. The van der Waals surface area contributed by atoms with Gasteiger partial charge in [-0.3, -0.25) is 4.79 Å². The summed E-state index contributed by atoms with van der Waals surface area (Å²) in [6.45, 7) is 10.2. The van der Waals surface area contributed by atoms with Crippen molar-refractivity contribution < 1.29 is 14.4 Å². The maximum Gasteiger partial charge on any atom is 0.331 e. The molecule has 1 aliphatic heterocycles. The molecule has 0 saturated carbocycles. The third-order valence-corrected chi connectivity index (χ3v) is 8.13. The highest BCUT2D eigenvalue weighted by Crippen LogP contribution is 2.39. The molecule has 5 rings (SSSR count). The van der Waals surface area contributed by atoms with Crippen LogP contribution < -0.4 is 0 Å². The summed E-state index contributed by atoms with van der Waals surface area (Å²) in [7, 11) is 0. The lowest BCUT2D eigenvalue weighted by Gasteiger charge is -2.15. The Morgan fingerprint density at radius 1 is 1.14 bits per heavy atom. The largest absolute Gasteiger partial charge is 0.341 e. The molecular formula is C31H30N2O3S. The lowest BCUT2D eigenvalue weighted by atomic mass is 9.90. The minimum absolute atomic E-state index is 0.0193. The molecule has 5 nitrogen and oxygen atoms in total. The van der Waals surface area contributed by atoms with E-state index in [1.807, 2.05) is 49.4 Å². The number of aryl methyl sites for hydroxylation is 2. The van der Waals surface area contributed by atoms with Crippen molar-refractivity contribution in [2.45, 2.75) is 45.1 Å². The van der Waals surface area contributed by atoms with Gasteiger partial charge in [-0.1, -0.05) is 35.5 Å². The normalized spacial score (nSPS) is 16.5. The van der Waals surface area contributed by atoms with E-state index in [4.69, 9.17) is 4.84 Å². The molecule has 0 radical (unpaired) electrons. The van der Waals surface area contributed by atoms with Crippen LogP contribution in [0.1, 0.15) is 53.7 Å². The number of thioether (sulfide) groups is 1. The summed E-state index contributed by atoms with van der Waals surface area (Å²) in [6, 6.07) is 18.1. The van der Waals surface area contributed by atoms with Crippen LogP contribution in [0, 0.1) is 12.8 Å². The van der Waals surface area contributed by atoms with Gasteiger partial charge in [0.2, 0.25) is 0 Å². The fraction of sp³-hybridized carbons (Fsp3) is 0.258. The molecular weight excluding hydrogens is 480 g/mol. The minimum atomic E-state index is -0.439. The molecule has 1 aliphatic rings. The first kappa shape index (κ1) is 25.0. The zero-order valence-electron chi connectivity index (χ0n) is 21.4. The predicted octanol–water partition coefficient (Wildman–Crippen LogP) is 7.31. The summed E-state index contributed by atoms with van der Waals surface area (Å²) < 4.78 is 2.29. The van der Waals surface area contributed by atoms with Crippen molar-refractivity contribution in [3.8, 4) is 0 Å². The molecule has 188 valence electrons. The molecule has 0 N–H and O–H groups in total. The average molecular weight is 511 g/mol. The summed E-state index contributed by atoms with van der Waals surface area (Å²) in [6.07, 6.45) is 3.57. The Morgan fingerprint density at radius 3 is 2.65 bits per heavy atom. The molecule has 0 fully saturated rings. The third-order valence-electron chi connectivity index (χ3n) is 7.04. The van der Waals surface area contributed by atoms with E-state index < -0.39 is 5.97 Å². The van der Waals surface area contributed by atoms with Crippen LogP contribution in [0.4, 0.5) is 0 Å². The molecule has 1 unspecified atom stereocenters. The summed E-state index contributed by atoms with van der Waals surface area (Å²) in [5.41, 5.74) is 6.32. The van der Waals surface area contributed by atoms with Gasteiger partial charge >= 0.3 is 5.97 Å². The second-order valence-electron chi connectivity index (χ2n) is 9.40. The van der Waals surface area contributed by atoms with E-state index in [1.165, 1.54) is 6.92 Å². The molecule has 0 aliphatic carbocycles. The molecule has 1 aromatic heterocycles. The van der Waals surface area contributed by atoms with Crippen LogP contribution in [0.25, 0.3) is 21.8 Å². The number of rotatable bonds is 6. The number of hydrogen-bond donors (Lipinski definition) is 0. The van der Waals surface area contributed by atoms with Crippen molar-refractivity contribution in [1.29, 1.82) is 0 Å². The number of ketones is 1. The molecule has 1 atom stereocenters.